The van der Waals surface area contributed by atoms with Crippen LogP contribution in [0.5, 0.6) is 0 Å². The average Bonchev–Trinajstić information content (AvgIpc) is 2.85. The molecule has 0 unspecified atom stereocenters. The van der Waals surface area contributed by atoms with E-state index in [1.165, 1.54) is 18.2 Å². The van der Waals surface area contributed by atoms with E-state index in [2.05, 4.69) is 20.5 Å². The van der Waals surface area contributed by atoms with Gasteiger partial charge in [0, 0.05) is 16.5 Å². The predicted octanol–water partition coefficient (Wildman–Crippen LogP) is 5.05. The number of azo groups is 2. The molecular weight excluding hydrogens is 586 g/mol. The molecule has 208 valence electrons. The Morgan fingerprint density at radius 1 is 0.650 bits per heavy atom. The minimum Gasteiger partial charge on any atom is -0.399 e. The first-order valence-electron chi connectivity index (χ1n) is 10.7. The number of hydrogen-bond acceptors (Lipinski definition) is 12. The van der Waals surface area contributed by atoms with Crippen molar-refractivity contribution in [3.63, 3.8) is 0 Å². The second-order valence-corrected chi connectivity index (χ2v) is 11.1. The van der Waals surface area contributed by atoms with Crippen molar-refractivity contribution in [3.8, 4) is 0 Å². The first-order valence-corrected chi connectivity index (χ1v) is 14.6. The van der Waals surface area contributed by atoms with E-state index >= 15 is 0 Å². The highest BCUT2D eigenvalue weighted by Crippen LogP contribution is 2.34. The van der Waals surface area contributed by atoms with Crippen LogP contribution in [0.15, 0.2) is 103 Å². The fourth-order valence-electron chi connectivity index (χ4n) is 3.39. The van der Waals surface area contributed by atoms with Crippen LogP contribution in [-0.2, 0) is 30.8 Å². The summed E-state index contributed by atoms with van der Waals surface area (Å²) in [5.41, 5.74) is 8.50. The molecule has 0 aliphatic carbocycles. The van der Waals surface area contributed by atoms with E-state index in [0.29, 0.717) is 28.3 Å². The van der Waals surface area contributed by atoms with Crippen molar-refractivity contribution in [3.05, 3.63) is 78.4 Å². The zero-order valence-corrected chi connectivity index (χ0v) is 22.7. The van der Waals surface area contributed by atoms with Crippen LogP contribution in [0.4, 0.5) is 28.4 Å². The van der Waals surface area contributed by atoms with Crippen molar-refractivity contribution in [1.29, 1.82) is 0 Å². The van der Waals surface area contributed by atoms with Gasteiger partial charge in [-0.25, -0.2) is 0 Å². The number of hydrogen-bond donors (Lipinski definition) is 3. The molecule has 0 fully saturated rings. The van der Waals surface area contributed by atoms with Crippen LogP contribution < -0.4 is 5.73 Å². The number of benzene rings is 4. The monoisotopic (exact) mass is 605 g/mol. The topological polar surface area (TPSA) is 235 Å². The Morgan fingerprint density at radius 2 is 1.20 bits per heavy atom. The summed E-state index contributed by atoms with van der Waals surface area (Å²) >= 11 is 0. The van der Waals surface area contributed by atoms with Crippen LogP contribution in [0.1, 0.15) is 5.56 Å². The van der Waals surface area contributed by atoms with Gasteiger partial charge in [-0.3, -0.25) is 9.11 Å². The number of rotatable bonds is 6. The second-order valence-electron chi connectivity index (χ2n) is 7.91. The molecule has 4 rings (SSSR count). The normalized spacial score (nSPS) is 12.0. The van der Waals surface area contributed by atoms with Crippen LogP contribution in [0, 0.1) is 6.92 Å². The van der Waals surface area contributed by atoms with Gasteiger partial charge in [-0.1, -0.05) is 12.1 Å². The molecule has 0 saturated carbocycles. The summed E-state index contributed by atoms with van der Waals surface area (Å²) in [6, 6.07) is 17.8. The van der Waals surface area contributed by atoms with Gasteiger partial charge in [0.25, 0.3) is 20.2 Å². The molecule has 4 aromatic rings. The standard InChI is InChI=1S/C23H19N5O6S2.O3S/c1-14-11-17(26-25-16-7-5-15(24)6-8-16)9-10-21(14)28-27-18-12-20-19(23(13-18)36(32,33)34)3-2-4-22(20)35(29,30)31;1-4(2)3/h2-13H,24H2,1H3,(H,29,30,31)(H,32,33,34);. The lowest BCUT2D eigenvalue weighted by atomic mass is 10.1. The summed E-state index contributed by atoms with van der Waals surface area (Å²) in [4.78, 5) is -1.11. The van der Waals surface area contributed by atoms with E-state index in [-0.39, 0.29) is 16.5 Å². The van der Waals surface area contributed by atoms with E-state index in [4.69, 9.17) is 18.4 Å². The van der Waals surface area contributed by atoms with Crippen molar-refractivity contribution in [2.24, 2.45) is 20.5 Å². The summed E-state index contributed by atoms with van der Waals surface area (Å²) < 4.78 is 92.1. The average molecular weight is 606 g/mol. The number of aryl methyl sites for hydroxylation is 1. The Morgan fingerprint density at radius 3 is 1.77 bits per heavy atom. The zero-order valence-electron chi connectivity index (χ0n) is 20.3. The second kappa shape index (κ2) is 12.2. The van der Waals surface area contributed by atoms with Gasteiger partial charge in [0.15, 0.2) is 0 Å². The highest BCUT2D eigenvalue weighted by Gasteiger charge is 2.21. The summed E-state index contributed by atoms with van der Waals surface area (Å²) in [6.07, 6.45) is 0. The SMILES string of the molecule is Cc1cc(N=Nc2ccc(N)cc2)ccc1N=Nc1cc(S(=O)(=O)O)c2cccc(S(=O)(=O)O)c2c1.O=S(=O)=O. The number of nitrogens with two attached hydrogens (primary N) is 1. The first kappa shape index (κ1) is 30.1. The molecular formula is C23H19N5O9S3. The molecule has 40 heavy (non-hydrogen) atoms. The van der Waals surface area contributed by atoms with Crippen molar-refractivity contribution in [1.82, 2.24) is 0 Å². The van der Waals surface area contributed by atoms with Gasteiger partial charge in [0.2, 0.25) is 0 Å². The molecule has 0 spiro atoms. The molecule has 0 radical (unpaired) electrons. The maximum Gasteiger partial charge on any atom is 0.425 e. The smallest absolute Gasteiger partial charge is 0.399 e. The molecule has 4 aromatic carbocycles. The lowest BCUT2D eigenvalue weighted by Gasteiger charge is -2.09. The Hall–Kier alpha value is -4.42. The quantitative estimate of drug-likeness (QED) is 0.150. The van der Waals surface area contributed by atoms with Crippen LogP contribution in [-0.4, -0.2) is 38.6 Å². The largest absolute Gasteiger partial charge is 0.425 e. The van der Waals surface area contributed by atoms with Gasteiger partial charge in [-0.05, 0) is 73.2 Å². The molecule has 14 nitrogen and oxygen atoms in total. The maximum absolute atomic E-state index is 12.0. The highest BCUT2D eigenvalue weighted by atomic mass is 32.2. The molecule has 0 saturated heterocycles. The van der Waals surface area contributed by atoms with Gasteiger partial charge < -0.3 is 5.73 Å². The molecule has 4 N–H and O–H groups in total. The lowest BCUT2D eigenvalue weighted by molar-refractivity contribution is 0.481. The molecule has 0 amide bonds. The third-order valence-corrected chi connectivity index (χ3v) is 6.89. The number of fused-ring (bicyclic) bond motifs is 1. The van der Waals surface area contributed by atoms with Gasteiger partial charge in [-0.15, -0.1) is 12.6 Å². The maximum atomic E-state index is 12.0. The Kier molecular flexibility index (Phi) is 9.17. The van der Waals surface area contributed by atoms with Crippen molar-refractivity contribution >= 4 is 70.1 Å². The third-order valence-electron chi connectivity index (χ3n) is 5.09. The molecule has 0 aromatic heterocycles. The van der Waals surface area contributed by atoms with Gasteiger partial charge in [-0.2, -0.15) is 37.3 Å². The van der Waals surface area contributed by atoms with Crippen LogP contribution in [0.25, 0.3) is 10.8 Å². The molecule has 0 aliphatic rings. The van der Waals surface area contributed by atoms with E-state index in [9.17, 15) is 25.9 Å². The van der Waals surface area contributed by atoms with Crippen LogP contribution in [0.2, 0.25) is 0 Å². The molecule has 0 heterocycles. The highest BCUT2D eigenvalue weighted by molar-refractivity contribution is 7.86. The van der Waals surface area contributed by atoms with E-state index in [1.54, 1.807) is 49.4 Å². The van der Waals surface area contributed by atoms with Gasteiger partial charge in [0.05, 0.1) is 22.7 Å². The molecule has 0 bridgehead atoms. The molecule has 0 aliphatic heterocycles. The van der Waals surface area contributed by atoms with E-state index < -0.39 is 40.6 Å². The minimum absolute atomic E-state index is 0.0576. The van der Waals surface area contributed by atoms with Gasteiger partial charge in [0.1, 0.15) is 9.79 Å². The van der Waals surface area contributed by atoms with Crippen LogP contribution >= 0.6 is 0 Å². The van der Waals surface area contributed by atoms with E-state index in [0.717, 1.165) is 12.1 Å². The fraction of sp³-hybridized carbons (Fsp3) is 0.0435. The summed E-state index contributed by atoms with van der Waals surface area (Å²) in [6.45, 7) is 1.76. The number of nitrogen functional groups attached to an aromatic ring is 1. The number of nitrogens with zero attached hydrogens (tertiary/aromatic N) is 4. The lowest BCUT2D eigenvalue weighted by Crippen LogP contribution is -2.03. The molecule has 0 atom stereocenters. The molecule has 17 heteroatoms. The van der Waals surface area contributed by atoms with Gasteiger partial charge >= 0.3 is 10.6 Å². The van der Waals surface area contributed by atoms with Crippen molar-refractivity contribution in [2.75, 3.05) is 5.73 Å². The summed E-state index contributed by atoms with van der Waals surface area (Å²) in [5, 5.41) is 16.2. The zero-order chi connectivity index (χ0) is 29.7. The Labute approximate surface area is 229 Å². The predicted molar refractivity (Wildman–Crippen MR) is 144 cm³/mol. The first-order chi connectivity index (χ1) is 18.6. The summed E-state index contributed by atoms with van der Waals surface area (Å²) in [7, 11) is -12.6. The number of anilines is 1. The Bertz CT molecular complexity index is 1970. The summed E-state index contributed by atoms with van der Waals surface area (Å²) in [5.74, 6) is 0. The minimum atomic E-state index is -4.75. The van der Waals surface area contributed by atoms with E-state index in [1.807, 2.05) is 0 Å². The fourth-order valence-corrected chi connectivity index (χ4v) is 4.81. The third kappa shape index (κ3) is 8.04. The van der Waals surface area contributed by atoms with Crippen LogP contribution in [0.3, 0.4) is 0 Å². The van der Waals surface area contributed by atoms with Crippen molar-refractivity contribution in [2.45, 2.75) is 16.7 Å². The van der Waals surface area contributed by atoms with Crippen molar-refractivity contribution < 1.29 is 38.6 Å². The Balaban J connectivity index is 0.00000103.